The lowest BCUT2D eigenvalue weighted by Gasteiger charge is -2.10. The van der Waals surface area contributed by atoms with Crippen LogP contribution in [0.15, 0.2) is 42.7 Å². The third-order valence-corrected chi connectivity index (χ3v) is 7.82. The summed E-state index contributed by atoms with van der Waals surface area (Å²) in [6.07, 6.45) is 0.416. The summed E-state index contributed by atoms with van der Waals surface area (Å²) in [7, 11) is 0. The maximum Gasteiger partial charge on any atom is 0.280 e. The van der Waals surface area contributed by atoms with Gasteiger partial charge < -0.3 is 15.8 Å². The number of nitrogens with one attached hydrogen (secondary N) is 1. The summed E-state index contributed by atoms with van der Waals surface area (Å²) in [5, 5.41) is 12.3. The molecular formula is C27H24ClF2N7O3S. The van der Waals surface area contributed by atoms with Gasteiger partial charge in [-0.1, -0.05) is 11.6 Å². The number of aryl methyl sites for hydroxylation is 3. The molecule has 0 bridgehead atoms. The minimum Gasteiger partial charge on any atom is -0.471 e. The molecule has 2 amide bonds. The van der Waals surface area contributed by atoms with E-state index < -0.39 is 23.9 Å². The second-order valence-corrected chi connectivity index (χ2v) is 10.5. The van der Waals surface area contributed by atoms with E-state index in [9.17, 15) is 18.4 Å². The molecule has 14 heteroatoms. The number of hydrogen-bond acceptors (Lipinski definition) is 7. The predicted octanol–water partition coefficient (Wildman–Crippen LogP) is 5.97. The van der Waals surface area contributed by atoms with Crippen molar-refractivity contribution < 1.29 is 23.1 Å². The number of nitrogens with two attached hydrogens (primary N) is 1. The van der Waals surface area contributed by atoms with Crippen molar-refractivity contribution in [3.63, 3.8) is 0 Å². The van der Waals surface area contributed by atoms with Gasteiger partial charge in [-0.3, -0.25) is 14.3 Å². The third-order valence-electron chi connectivity index (χ3n) is 6.29. The quantitative estimate of drug-likeness (QED) is 0.215. The number of alkyl halides is 2. The van der Waals surface area contributed by atoms with Crippen LogP contribution in [0.4, 0.5) is 14.5 Å². The Morgan fingerprint density at radius 2 is 1.93 bits per heavy atom. The summed E-state index contributed by atoms with van der Waals surface area (Å²) in [5.74, 6) is -0.904. The highest BCUT2D eigenvalue weighted by Crippen LogP contribution is 2.43. The van der Waals surface area contributed by atoms with E-state index in [1.807, 2.05) is 13.8 Å². The molecule has 10 nitrogen and oxygen atoms in total. The van der Waals surface area contributed by atoms with Gasteiger partial charge in [0, 0.05) is 34.9 Å². The monoisotopic (exact) mass is 599 g/mol. The molecule has 0 spiro atoms. The number of hydrogen-bond donors (Lipinski definition) is 2. The van der Waals surface area contributed by atoms with E-state index in [0.29, 0.717) is 39.5 Å². The number of primary amides is 1. The first-order valence-corrected chi connectivity index (χ1v) is 13.6. The second-order valence-electron chi connectivity index (χ2n) is 9.11. The van der Waals surface area contributed by atoms with Crippen molar-refractivity contribution in [3.05, 3.63) is 75.3 Å². The lowest BCUT2D eigenvalue weighted by Crippen LogP contribution is -2.18. The highest BCUT2D eigenvalue weighted by molar-refractivity contribution is 7.21. The average molecular weight is 600 g/mol. The number of benzene rings is 1. The Morgan fingerprint density at radius 3 is 2.59 bits per heavy atom. The summed E-state index contributed by atoms with van der Waals surface area (Å²) in [6.45, 7) is 6.07. The second kappa shape index (κ2) is 11.3. The zero-order valence-electron chi connectivity index (χ0n) is 22.1. The Bertz CT molecular complexity index is 1800. The number of rotatable bonds is 9. The maximum absolute atomic E-state index is 13.8. The van der Waals surface area contributed by atoms with Crippen molar-refractivity contribution in [2.24, 2.45) is 5.73 Å². The third kappa shape index (κ3) is 5.63. The van der Waals surface area contributed by atoms with E-state index in [-0.39, 0.29) is 27.8 Å². The largest absolute Gasteiger partial charge is 0.471 e. The van der Waals surface area contributed by atoms with Crippen LogP contribution in [0.5, 0.6) is 5.75 Å². The van der Waals surface area contributed by atoms with E-state index in [1.165, 1.54) is 16.8 Å². The van der Waals surface area contributed by atoms with Crippen LogP contribution < -0.4 is 15.8 Å². The molecule has 4 heterocycles. The molecule has 41 heavy (non-hydrogen) atoms. The number of halogens is 3. The van der Waals surface area contributed by atoms with Crippen LogP contribution in [0.3, 0.4) is 0 Å². The van der Waals surface area contributed by atoms with Gasteiger partial charge in [-0.15, -0.1) is 11.3 Å². The molecule has 0 aliphatic heterocycles. The number of aromatic nitrogens is 5. The van der Waals surface area contributed by atoms with Crippen molar-refractivity contribution in [1.82, 2.24) is 24.5 Å². The van der Waals surface area contributed by atoms with E-state index in [0.717, 1.165) is 16.9 Å². The average Bonchev–Trinajstić information content (AvgIpc) is 3.66. The highest BCUT2D eigenvalue weighted by atomic mass is 35.5. The Balaban J connectivity index is 1.50. The van der Waals surface area contributed by atoms with Crippen LogP contribution in [0, 0.1) is 13.8 Å². The Morgan fingerprint density at radius 1 is 1.15 bits per heavy atom. The molecule has 0 saturated heterocycles. The molecule has 3 N–H and O–H groups in total. The number of nitrogens with zero attached hydrogens (tertiary/aromatic N) is 5. The van der Waals surface area contributed by atoms with Crippen LogP contribution in [0.2, 0.25) is 5.02 Å². The zero-order valence-corrected chi connectivity index (χ0v) is 23.7. The number of thiophene rings is 1. The molecule has 0 unspecified atom stereocenters. The fourth-order valence-corrected chi connectivity index (χ4v) is 5.39. The molecule has 4 aromatic heterocycles. The topological polar surface area (TPSA) is 130 Å². The van der Waals surface area contributed by atoms with Gasteiger partial charge in [-0.2, -0.15) is 10.2 Å². The fourth-order valence-electron chi connectivity index (χ4n) is 4.26. The standard InChI is InChI=1S/C27H24ClF2N7O3S/c1-4-36-11-17(14(3)34-36)16-10-20(24(29)30)32-27-21(16)22(23(41-27)25(31)38)33-26(39)19-7-8-37(35-19)12-40-15-5-6-18(28)13(2)9-15/h5-11,24H,4,12H2,1-3H3,(H2,31,38)(H,33,39). The lowest BCUT2D eigenvalue weighted by molar-refractivity contribution is 0.100. The van der Waals surface area contributed by atoms with Crippen LogP contribution >= 0.6 is 22.9 Å². The van der Waals surface area contributed by atoms with Crippen LogP contribution in [0.1, 0.15) is 50.5 Å². The van der Waals surface area contributed by atoms with Crippen molar-refractivity contribution in [3.8, 4) is 16.9 Å². The summed E-state index contributed by atoms with van der Waals surface area (Å²) >= 11 is 6.88. The molecule has 0 fully saturated rings. The van der Waals surface area contributed by atoms with Crippen molar-refractivity contribution in [2.75, 3.05) is 5.32 Å². The number of pyridine rings is 1. The van der Waals surface area contributed by atoms with Crippen molar-refractivity contribution >= 4 is 50.7 Å². The van der Waals surface area contributed by atoms with Gasteiger partial charge in [-0.25, -0.2) is 18.4 Å². The number of amides is 2. The molecule has 212 valence electrons. The molecule has 1 aromatic carbocycles. The molecule has 0 aliphatic rings. The summed E-state index contributed by atoms with van der Waals surface area (Å²) in [6, 6.07) is 7.94. The molecule has 5 rings (SSSR count). The van der Waals surface area contributed by atoms with Crippen molar-refractivity contribution in [2.45, 2.75) is 40.5 Å². The van der Waals surface area contributed by atoms with Crippen LogP contribution in [-0.2, 0) is 13.3 Å². The van der Waals surface area contributed by atoms with E-state index >= 15 is 0 Å². The summed E-state index contributed by atoms with van der Waals surface area (Å²) in [4.78, 5) is 29.9. The number of anilines is 1. The van der Waals surface area contributed by atoms with Crippen LogP contribution in [0.25, 0.3) is 21.3 Å². The summed E-state index contributed by atoms with van der Waals surface area (Å²) < 4.78 is 36.4. The van der Waals surface area contributed by atoms with Gasteiger partial charge >= 0.3 is 0 Å². The predicted molar refractivity (Wildman–Crippen MR) is 152 cm³/mol. The number of fused-ring (bicyclic) bond motifs is 1. The van der Waals surface area contributed by atoms with Gasteiger partial charge in [-0.05, 0) is 62.2 Å². The number of carbonyl (C=O) groups is 2. The zero-order chi connectivity index (χ0) is 29.4. The van der Waals surface area contributed by atoms with E-state index in [2.05, 4.69) is 20.5 Å². The minimum absolute atomic E-state index is 0.0213. The normalized spacial score (nSPS) is 11.4. The number of carbonyl (C=O) groups excluding carboxylic acids is 2. The molecular weight excluding hydrogens is 576 g/mol. The van der Waals surface area contributed by atoms with Gasteiger partial charge in [0.1, 0.15) is 21.2 Å². The fraction of sp³-hybridized carbons (Fsp3) is 0.222. The van der Waals surface area contributed by atoms with Crippen LogP contribution in [-0.4, -0.2) is 36.4 Å². The smallest absolute Gasteiger partial charge is 0.280 e. The minimum atomic E-state index is -2.86. The van der Waals surface area contributed by atoms with Gasteiger partial charge in [0.15, 0.2) is 12.4 Å². The van der Waals surface area contributed by atoms with Gasteiger partial charge in [0.25, 0.3) is 18.2 Å². The first-order valence-electron chi connectivity index (χ1n) is 12.4. The molecule has 0 radical (unpaired) electrons. The van der Waals surface area contributed by atoms with E-state index in [4.69, 9.17) is 22.1 Å². The highest BCUT2D eigenvalue weighted by Gasteiger charge is 2.27. The molecule has 0 aliphatic carbocycles. The van der Waals surface area contributed by atoms with Gasteiger partial charge in [0.05, 0.1) is 11.4 Å². The first-order chi connectivity index (χ1) is 19.5. The SMILES string of the molecule is CCn1cc(-c2cc(C(F)F)nc3sc(C(N)=O)c(NC(=O)c4ccn(COc5ccc(Cl)c(C)c5)n4)c23)c(C)n1. The summed E-state index contributed by atoms with van der Waals surface area (Å²) in [5.41, 5.74) is 7.60. The molecule has 0 saturated carbocycles. The molecule has 5 aromatic rings. The lowest BCUT2D eigenvalue weighted by atomic mass is 10.0. The molecule has 0 atom stereocenters. The van der Waals surface area contributed by atoms with Crippen molar-refractivity contribution in [1.29, 1.82) is 0 Å². The first kappa shape index (κ1) is 28.2. The number of ether oxygens (including phenoxy) is 1. The van der Waals surface area contributed by atoms with Gasteiger partial charge in [0.2, 0.25) is 0 Å². The van der Waals surface area contributed by atoms with E-state index in [1.54, 1.807) is 42.2 Å². The Labute approximate surface area is 241 Å². The Kier molecular flexibility index (Phi) is 7.74. The maximum atomic E-state index is 13.8. The Hall–Kier alpha value is -4.36.